The van der Waals surface area contributed by atoms with Crippen LogP contribution < -0.4 is 0 Å². The average Bonchev–Trinajstić information content (AvgIpc) is 2.41. The number of benzene rings is 1. The fourth-order valence-corrected chi connectivity index (χ4v) is 1.85. The van der Waals surface area contributed by atoms with Gasteiger partial charge in [-0.05, 0) is 41.5 Å². The summed E-state index contributed by atoms with van der Waals surface area (Å²) in [6, 6.07) is 1.06. The van der Waals surface area contributed by atoms with Gasteiger partial charge in [0.05, 0.1) is 6.54 Å². The van der Waals surface area contributed by atoms with Crippen LogP contribution in [-0.4, -0.2) is 34.8 Å². The molecule has 5 nitrogen and oxygen atoms in total. The Bertz CT molecular complexity index is 682. The smallest absolute Gasteiger partial charge is 0.420 e. The van der Waals surface area contributed by atoms with Crippen LogP contribution in [0.1, 0.15) is 47.1 Å². The highest BCUT2D eigenvalue weighted by Gasteiger charge is 2.30. The number of carbonyl (C=O) groups is 2. The lowest BCUT2D eigenvalue weighted by atomic mass is 10.1. The van der Waals surface area contributed by atoms with E-state index in [1.807, 2.05) is 0 Å². The van der Waals surface area contributed by atoms with Crippen molar-refractivity contribution in [3.8, 4) is 0 Å². The van der Waals surface area contributed by atoms with Crippen LogP contribution in [-0.2, 0) is 9.47 Å². The van der Waals surface area contributed by atoms with Crippen molar-refractivity contribution in [3.05, 3.63) is 41.2 Å². The number of hydrogen-bond acceptors (Lipinski definition) is 4. The predicted octanol–water partition coefficient (Wildman–Crippen LogP) is 5.29. The first-order valence-corrected chi connectivity index (χ1v) is 8.24. The van der Waals surface area contributed by atoms with Gasteiger partial charge in [-0.3, -0.25) is 0 Å². The molecule has 0 fully saturated rings. The molecule has 0 unspecified atom stereocenters. The summed E-state index contributed by atoms with van der Waals surface area (Å²) in [5.41, 5.74) is -2.23. The Morgan fingerprint density at radius 1 is 0.926 bits per heavy atom. The third kappa shape index (κ3) is 7.72. The normalized spacial score (nSPS) is 12.2. The number of amides is 2. The van der Waals surface area contributed by atoms with E-state index in [-0.39, 0.29) is 6.54 Å². The summed E-state index contributed by atoms with van der Waals surface area (Å²) >= 11 is 0. The molecule has 2 amide bonds. The van der Waals surface area contributed by atoms with Gasteiger partial charge < -0.3 is 9.47 Å². The van der Waals surface area contributed by atoms with Crippen LogP contribution in [0.2, 0.25) is 0 Å². The third-order valence-electron chi connectivity index (χ3n) is 2.84. The molecule has 0 radical (unpaired) electrons. The Morgan fingerprint density at radius 3 is 1.70 bits per heavy atom. The second kappa shape index (κ2) is 8.45. The van der Waals surface area contributed by atoms with E-state index in [0.717, 1.165) is 6.08 Å². The van der Waals surface area contributed by atoms with E-state index >= 15 is 0 Å². The van der Waals surface area contributed by atoms with E-state index in [4.69, 9.17) is 9.47 Å². The van der Waals surface area contributed by atoms with Crippen molar-refractivity contribution in [2.75, 3.05) is 6.54 Å². The molecule has 0 aliphatic carbocycles. The number of nitrogens with zero attached hydrogens (tertiary/aromatic N) is 1. The van der Waals surface area contributed by atoms with Crippen molar-refractivity contribution in [3.63, 3.8) is 0 Å². The molecule has 0 saturated heterocycles. The maximum Gasteiger partial charge on any atom is 0.420 e. The number of rotatable bonds is 3. The maximum atomic E-state index is 13.7. The lowest BCUT2D eigenvalue weighted by Gasteiger charge is -2.28. The molecule has 0 spiro atoms. The first kappa shape index (κ1) is 22.5. The second-order valence-corrected chi connectivity index (χ2v) is 7.76. The summed E-state index contributed by atoms with van der Waals surface area (Å²) in [7, 11) is 0. The third-order valence-corrected chi connectivity index (χ3v) is 2.84. The SMILES string of the molecule is CC(C)(C)OC(=O)N(C/C=C/c1c(F)cc(F)cc1F)C(=O)OC(C)(C)C. The van der Waals surface area contributed by atoms with E-state index in [1.165, 1.54) is 6.08 Å². The van der Waals surface area contributed by atoms with Gasteiger partial charge in [-0.1, -0.05) is 12.2 Å². The Balaban J connectivity index is 3.03. The molecule has 1 rings (SSSR count). The van der Waals surface area contributed by atoms with Crippen LogP contribution >= 0.6 is 0 Å². The number of ether oxygens (including phenoxy) is 2. The highest BCUT2D eigenvalue weighted by molar-refractivity contribution is 5.88. The lowest BCUT2D eigenvalue weighted by molar-refractivity contribution is 0.00377. The zero-order valence-corrected chi connectivity index (χ0v) is 16.2. The van der Waals surface area contributed by atoms with Gasteiger partial charge in [-0.2, -0.15) is 0 Å². The van der Waals surface area contributed by atoms with E-state index < -0.39 is 46.4 Å². The highest BCUT2D eigenvalue weighted by atomic mass is 19.1. The predicted molar refractivity (Wildman–Crippen MR) is 94.5 cm³/mol. The van der Waals surface area contributed by atoms with Gasteiger partial charge in [0, 0.05) is 17.7 Å². The van der Waals surface area contributed by atoms with E-state index in [1.54, 1.807) is 41.5 Å². The van der Waals surface area contributed by atoms with Gasteiger partial charge in [-0.15, -0.1) is 0 Å². The average molecular weight is 387 g/mol. The van der Waals surface area contributed by atoms with Crippen molar-refractivity contribution < 1.29 is 32.2 Å². The van der Waals surface area contributed by atoms with Crippen molar-refractivity contribution in [1.29, 1.82) is 0 Å². The summed E-state index contributed by atoms with van der Waals surface area (Å²) in [5, 5.41) is 0. The Labute approximate surface area is 156 Å². The molecule has 0 aliphatic rings. The molecule has 0 saturated carbocycles. The molecule has 8 heteroatoms. The molecule has 0 bridgehead atoms. The topological polar surface area (TPSA) is 55.8 Å². The minimum absolute atomic E-state index is 0.361. The van der Waals surface area contributed by atoms with Gasteiger partial charge in [0.25, 0.3) is 0 Å². The Morgan fingerprint density at radius 2 is 1.33 bits per heavy atom. The minimum Gasteiger partial charge on any atom is -0.443 e. The number of carbonyl (C=O) groups excluding carboxylic acids is 2. The van der Waals surface area contributed by atoms with Crippen molar-refractivity contribution in [2.24, 2.45) is 0 Å². The fraction of sp³-hybridized carbons (Fsp3) is 0.474. The molecular weight excluding hydrogens is 363 g/mol. The molecule has 0 aromatic heterocycles. The first-order chi connectivity index (χ1) is 12.2. The zero-order chi connectivity index (χ0) is 21.0. The summed E-state index contributed by atoms with van der Waals surface area (Å²) < 4.78 is 50.6. The van der Waals surface area contributed by atoms with E-state index in [0.29, 0.717) is 17.0 Å². The second-order valence-electron chi connectivity index (χ2n) is 7.76. The van der Waals surface area contributed by atoms with E-state index in [9.17, 15) is 22.8 Å². The lowest BCUT2D eigenvalue weighted by Crippen LogP contribution is -2.43. The Kier molecular flexibility index (Phi) is 7.05. The molecule has 0 N–H and O–H groups in total. The maximum absolute atomic E-state index is 13.7. The molecule has 150 valence electrons. The molecular formula is C19H24F3NO4. The van der Waals surface area contributed by atoms with Crippen molar-refractivity contribution >= 4 is 18.3 Å². The van der Waals surface area contributed by atoms with Gasteiger partial charge in [-0.25, -0.2) is 27.7 Å². The zero-order valence-electron chi connectivity index (χ0n) is 16.2. The molecule has 27 heavy (non-hydrogen) atoms. The molecule has 1 aromatic carbocycles. The van der Waals surface area contributed by atoms with Crippen LogP contribution in [0.25, 0.3) is 6.08 Å². The fourth-order valence-electron chi connectivity index (χ4n) is 1.85. The van der Waals surface area contributed by atoms with Gasteiger partial charge in [0.1, 0.15) is 28.7 Å². The monoisotopic (exact) mass is 387 g/mol. The summed E-state index contributed by atoms with van der Waals surface area (Å²) in [6.07, 6.45) is 0.238. The molecule has 0 aliphatic heterocycles. The largest absolute Gasteiger partial charge is 0.443 e. The first-order valence-electron chi connectivity index (χ1n) is 8.24. The summed E-state index contributed by atoms with van der Waals surface area (Å²) in [5.74, 6) is -3.26. The van der Waals surface area contributed by atoms with Crippen molar-refractivity contribution in [1.82, 2.24) is 4.90 Å². The molecule has 0 atom stereocenters. The standard InChI is InChI=1S/C19H24F3NO4/c1-18(2,3)26-16(24)23(17(25)27-19(4,5)6)9-7-8-13-14(21)10-12(20)11-15(13)22/h7-8,10-11H,9H2,1-6H3/b8-7+. The van der Waals surface area contributed by atoms with Gasteiger partial charge in [0.15, 0.2) is 0 Å². The van der Waals surface area contributed by atoms with Crippen LogP contribution in [0.15, 0.2) is 18.2 Å². The summed E-state index contributed by atoms with van der Waals surface area (Å²) in [4.78, 5) is 25.2. The number of halogens is 3. The van der Waals surface area contributed by atoms with E-state index in [2.05, 4.69) is 0 Å². The number of imide groups is 1. The van der Waals surface area contributed by atoms with Crippen LogP contribution in [0.3, 0.4) is 0 Å². The van der Waals surface area contributed by atoms with Crippen LogP contribution in [0, 0.1) is 17.5 Å². The van der Waals surface area contributed by atoms with Crippen LogP contribution in [0.4, 0.5) is 22.8 Å². The van der Waals surface area contributed by atoms with Crippen LogP contribution in [0.5, 0.6) is 0 Å². The minimum atomic E-state index is -1.11. The molecule has 1 aromatic rings. The van der Waals surface area contributed by atoms with Crippen molar-refractivity contribution in [2.45, 2.75) is 52.7 Å². The quantitative estimate of drug-likeness (QED) is 0.707. The summed E-state index contributed by atoms with van der Waals surface area (Å²) in [6.45, 7) is 9.37. The van der Waals surface area contributed by atoms with Gasteiger partial charge in [0.2, 0.25) is 0 Å². The molecule has 0 heterocycles. The number of hydrogen-bond donors (Lipinski definition) is 0. The highest BCUT2D eigenvalue weighted by Crippen LogP contribution is 2.18. The Hall–Kier alpha value is -2.51. The van der Waals surface area contributed by atoms with Gasteiger partial charge >= 0.3 is 12.2 Å².